The number of carbonyl (C=O) groups is 1. The van der Waals surface area contributed by atoms with E-state index in [2.05, 4.69) is 30.6 Å². The van der Waals surface area contributed by atoms with E-state index < -0.39 is 0 Å². The quantitative estimate of drug-likeness (QED) is 0.244. The molecule has 1 aromatic heterocycles. The van der Waals surface area contributed by atoms with Gasteiger partial charge in [0.15, 0.2) is 5.96 Å². The minimum Gasteiger partial charge on any atom is -0.364 e. The maximum absolute atomic E-state index is 12.9. The van der Waals surface area contributed by atoms with E-state index in [4.69, 9.17) is 4.52 Å². The fourth-order valence-electron chi connectivity index (χ4n) is 3.22. The molecule has 1 aliphatic heterocycles. The number of rotatable bonds is 7. The van der Waals surface area contributed by atoms with Crippen molar-refractivity contribution in [2.24, 2.45) is 4.99 Å². The van der Waals surface area contributed by atoms with Crippen LogP contribution in [0.2, 0.25) is 0 Å². The molecule has 1 aliphatic rings. The molecule has 1 amide bonds. The van der Waals surface area contributed by atoms with Crippen LogP contribution < -0.4 is 10.6 Å². The summed E-state index contributed by atoms with van der Waals surface area (Å²) in [4.78, 5) is 20.9. The molecule has 0 atom stereocenters. The Labute approximate surface area is 192 Å². The van der Waals surface area contributed by atoms with Gasteiger partial charge in [-0.05, 0) is 17.7 Å². The van der Waals surface area contributed by atoms with Gasteiger partial charge in [-0.25, -0.2) is 4.39 Å². The van der Waals surface area contributed by atoms with Crippen molar-refractivity contribution >= 4 is 35.8 Å². The summed E-state index contributed by atoms with van der Waals surface area (Å²) in [5.74, 6) is 0.442. The van der Waals surface area contributed by atoms with Crippen molar-refractivity contribution in [1.82, 2.24) is 25.6 Å². The van der Waals surface area contributed by atoms with E-state index >= 15 is 0 Å². The predicted molar refractivity (Wildman–Crippen MR) is 123 cm³/mol. The number of nitrogens with zero attached hydrogens (tertiary/aromatic N) is 4. The van der Waals surface area contributed by atoms with Crippen LogP contribution >= 0.6 is 24.0 Å². The van der Waals surface area contributed by atoms with Crippen molar-refractivity contribution in [2.75, 3.05) is 46.3 Å². The highest BCUT2D eigenvalue weighted by atomic mass is 127. The summed E-state index contributed by atoms with van der Waals surface area (Å²) in [6, 6.07) is 7.85. The van der Waals surface area contributed by atoms with E-state index in [1.807, 2.05) is 6.07 Å². The minimum absolute atomic E-state index is 0. The van der Waals surface area contributed by atoms with Crippen LogP contribution in [-0.4, -0.2) is 73.1 Å². The SMILES string of the molecule is CN=C(NCCNC(=O)Cc1ccc(F)cc1)N1CCN(Cc2ccon2)CC1.I. The standard InChI is InChI=1S/C20H27FN6O2.HI/c1-22-20(27-11-9-26(10-12-27)15-18-6-13-29-25-18)24-8-7-23-19(28)14-16-2-4-17(21)5-3-16;/h2-6,13H,7-12,14-15H2,1H3,(H,22,24)(H,23,28);1H. The molecular formula is C20H28FIN6O2. The number of aromatic nitrogens is 1. The molecule has 0 radical (unpaired) electrons. The third kappa shape index (κ3) is 7.56. The highest BCUT2D eigenvalue weighted by Crippen LogP contribution is 2.07. The van der Waals surface area contributed by atoms with E-state index in [1.54, 1.807) is 25.4 Å². The average Bonchev–Trinajstić information content (AvgIpc) is 3.24. The van der Waals surface area contributed by atoms with Gasteiger partial charge in [0.05, 0.1) is 12.1 Å². The number of piperazine rings is 1. The number of carbonyl (C=O) groups excluding carboxylic acids is 1. The van der Waals surface area contributed by atoms with Gasteiger partial charge < -0.3 is 20.1 Å². The van der Waals surface area contributed by atoms with Crippen LogP contribution in [0.25, 0.3) is 0 Å². The van der Waals surface area contributed by atoms with Gasteiger partial charge in [0, 0.05) is 58.9 Å². The molecule has 1 aromatic carbocycles. The first-order valence-electron chi connectivity index (χ1n) is 9.72. The Morgan fingerprint density at radius 3 is 2.47 bits per heavy atom. The Morgan fingerprint density at radius 2 is 1.83 bits per heavy atom. The second-order valence-electron chi connectivity index (χ2n) is 6.88. The zero-order chi connectivity index (χ0) is 20.5. The van der Waals surface area contributed by atoms with Crippen molar-refractivity contribution < 1.29 is 13.7 Å². The van der Waals surface area contributed by atoms with Gasteiger partial charge in [0.2, 0.25) is 5.91 Å². The first-order valence-corrected chi connectivity index (χ1v) is 9.72. The molecule has 1 fully saturated rings. The molecule has 2 N–H and O–H groups in total. The zero-order valence-electron chi connectivity index (χ0n) is 17.0. The molecule has 0 unspecified atom stereocenters. The summed E-state index contributed by atoms with van der Waals surface area (Å²) < 4.78 is 17.8. The molecule has 0 bridgehead atoms. The first kappa shape index (κ1) is 24.1. The van der Waals surface area contributed by atoms with E-state index in [0.717, 1.165) is 49.9 Å². The lowest BCUT2D eigenvalue weighted by molar-refractivity contribution is -0.120. The third-order valence-electron chi connectivity index (χ3n) is 4.77. The maximum Gasteiger partial charge on any atom is 0.224 e. The second-order valence-corrected chi connectivity index (χ2v) is 6.88. The van der Waals surface area contributed by atoms with Gasteiger partial charge in [0.25, 0.3) is 0 Å². The fraction of sp³-hybridized carbons (Fsp3) is 0.450. The molecule has 30 heavy (non-hydrogen) atoms. The number of amides is 1. The monoisotopic (exact) mass is 530 g/mol. The van der Waals surface area contributed by atoms with Crippen molar-refractivity contribution in [3.8, 4) is 0 Å². The Bertz CT molecular complexity index is 792. The summed E-state index contributed by atoms with van der Waals surface area (Å²) in [5.41, 5.74) is 1.73. The highest BCUT2D eigenvalue weighted by molar-refractivity contribution is 14.0. The summed E-state index contributed by atoms with van der Waals surface area (Å²) in [6.07, 6.45) is 1.83. The molecule has 0 saturated carbocycles. The van der Waals surface area contributed by atoms with Crippen molar-refractivity contribution in [2.45, 2.75) is 13.0 Å². The Balaban J connectivity index is 0.00000320. The van der Waals surface area contributed by atoms with Crippen LogP contribution in [0.5, 0.6) is 0 Å². The number of aliphatic imine (C=N–C) groups is 1. The minimum atomic E-state index is -0.302. The van der Waals surface area contributed by atoms with E-state index in [1.165, 1.54) is 12.1 Å². The lowest BCUT2D eigenvalue weighted by atomic mass is 10.1. The number of nitrogens with one attached hydrogen (secondary N) is 2. The number of benzene rings is 1. The van der Waals surface area contributed by atoms with Gasteiger partial charge >= 0.3 is 0 Å². The summed E-state index contributed by atoms with van der Waals surface area (Å²) in [7, 11) is 1.76. The molecule has 10 heteroatoms. The largest absolute Gasteiger partial charge is 0.364 e. The summed E-state index contributed by atoms with van der Waals surface area (Å²) in [6.45, 7) is 5.44. The molecule has 2 heterocycles. The van der Waals surface area contributed by atoms with Crippen molar-refractivity contribution in [3.63, 3.8) is 0 Å². The fourth-order valence-corrected chi connectivity index (χ4v) is 3.22. The predicted octanol–water partition coefficient (Wildman–Crippen LogP) is 1.48. The summed E-state index contributed by atoms with van der Waals surface area (Å²) >= 11 is 0. The molecule has 8 nitrogen and oxygen atoms in total. The van der Waals surface area contributed by atoms with Gasteiger partial charge in [-0.1, -0.05) is 17.3 Å². The lowest BCUT2D eigenvalue weighted by Crippen LogP contribution is -2.53. The third-order valence-corrected chi connectivity index (χ3v) is 4.77. The molecule has 0 aliphatic carbocycles. The molecule has 2 aromatic rings. The van der Waals surface area contributed by atoms with Gasteiger partial charge in [-0.3, -0.25) is 14.7 Å². The van der Waals surface area contributed by atoms with Crippen LogP contribution in [-0.2, 0) is 17.8 Å². The number of hydrogen-bond donors (Lipinski definition) is 2. The molecule has 3 rings (SSSR count). The Hall–Kier alpha value is -2.21. The average molecular weight is 530 g/mol. The normalized spacial score (nSPS) is 14.9. The number of halogens is 2. The zero-order valence-corrected chi connectivity index (χ0v) is 19.3. The van der Waals surface area contributed by atoms with Crippen LogP contribution in [0.1, 0.15) is 11.3 Å². The number of guanidine groups is 1. The highest BCUT2D eigenvalue weighted by Gasteiger charge is 2.20. The van der Waals surface area contributed by atoms with E-state index in [9.17, 15) is 9.18 Å². The van der Waals surface area contributed by atoms with E-state index in [-0.39, 0.29) is 42.1 Å². The van der Waals surface area contributed by atoms with E-state index in [0.29, 0.717) is 13.1 Å². The van der Waals surface area contributed by atoms with Gasteiger partial charge in [-0.2, -0.15) is 0 Å². The van der Waals surface area contributed by atoms with Crippen LogP contribution in [0, 0.1) is 5.82 Å². The maximum atomic E-state index is 12.9. The van der Waals surface area contributed by atoms with Crippen molar-refractivity contribution in [3.05, 3.63) is 53.7 Å². The summed E-state index contributed by atoms with van der Waals surface area (Å²) in [5, 5.41) is 10.1. The second kappa shape index (κ2) is 12.5. The molecule has 164 valence electrons. The smallest absolute Gasteiger partial charge is 0.224 e. The van der Waals surface area contributed by atoms with Crippen LogP contribution in [0.3, 0.4) is 0 Å². The van der Waals surface area contributed by atoms with Gasteiger partial charge in [-0.15, -0.1) is 24.0 Å². The van der Waals surface area contributed by atoms with Crippen molar-refractivity contribution in [1.29, 1.82) is 0 Å². The topological polar surface area (TPSA) is 86.0 Å². The molecule has 0 spiro atoms. The molecular weight excluding hydrogens is 502 g/mol. The number of hydrogen-bond acceptors (Lipinski definition) is 5. The first-order chi connectivity index (χ1) is 14.1. The van der Waals surface area contributed by atoms with Crippen LogP contribution in [0.4, 0.5) is 4.39 Å². The molecule has 1 saturated heterocycles. The van der Waals surface area contributed by atoms with Crippen LogP contribution in [0.15, 0.2) is 46.1 Å². The lowest BCUT2D eigenvalue weighted by Gasteiger charge is -2.36. The Morgan fingerprint density at radius 1 is 1.13 bits per heavy atom. The van der Waals surface area contributed by atoms with Gasteiger partial charge in [0.1, 0.15) is 12.1 Å². The Kier molecular flexibility index (Phi) is 10.0.